The second-order valence-electron chi connectivity index (χ2n) is 4.73. The van der Waals surface area contributed by atoms with E-state index in [1.54, 1.807) is 11.3 Å². The van der Waals surface area contributed by atoms with Crippen molar-refractivity contribution in [3.8, 4) is 0 Å². The number of nitrogens with one attached hydrogen (secondary N) is 1. The number of hydrogen-bond acceptors (Lipinski definition) is 4. The van der Waals surface area contributed by atoms with E-state index < -0.39 is 0 Å². The van der Waals surface area contributed by atoms with Crippen LogP contribution in [0.1, 0.15) is 22.9 Å². The average molecular weight is 351 g/mol. The third-order valence-corrected chi connectivity index (χ3v) is 5.21. The molecule has 2 heterocycles. The van der Waals surface area contributed by atoms with Crippen LogP contribution in [0, 0.1) is 6.92 Å². The maximum Gasteiger partial charge on any atom is 0.193 e. The highest BCUT2D eigenvalue weighted by molar-refractivity contribution is 9.10. The SMILES string of the molecule is Cc1cccc(C(Cc2cn3ccsc3n2)NN)c1Br. The van der Waals surface area contributed by atoms with Crippen molar-refractivity contribution in [2.75, 3.05) is 0 Å². The van der Waals surface area contributed by atoms with Crippen molar-refractivity contribution < 1.29 is 0 Å². The minimum atomic E-state index is 0.0360. The molecule has 4 nitrogen and oxygen atoms in total. The Balaban J connectivity index is 1.90. The van der Waals surface area contributed by atoms with Crippen LogP contribution in [0.15, 0.2) is 40.4 Å². The fraction of sp³-hybridized carbons (Fsp3) is 0.214. The molecule has 20 heavy (non-hydrogen) atoms. The van der Waals surface area contributed by atoms with Crippen LogP contribution in [-0.4, -0.2) is 9.38 Å². The predicted molar refractivity (Wildman–Crippen MR) is 85.7 cm³/mol. The molecule has 0 spiro atoms. The van der Waals surface area contributed by atoms with Gasteiger partial charge in [0.25, 0.3) is 0 Å². The van der Waals surface area contributed by atoms with E-state index in [1.165, 1.54) is 5.56 Å². The quantitative estimate of drug-likeness (QED) is 0.561. The molecule has 0 aliphatic carbocycles. The first-order valence-electron chi connectivity index (χ1n) is 6.31. The summed E-state index contributed by atoms with van der Waals surface area (Å²) in [5, 5.41) is 2.03. The summed E-state index contributed by atoms with van der Waals surface area (Å²) in [7, 11) is 0. The number of aromatic nitrogens is 2. The van der Waals surface area contributed by atoms with Crippen LogP contribution in [0.3, 0.4) is 0 Å². The highest BCUT2D eigenvalue weighted by Crippen LogP contribution is 2.28. The van der Waals surface area contributed by atoms with Gasteiger partial charge in [-0.3, -0.25) is 15.7 Å². The van der Waals surface area contributed by atoms with Gasteiger partial charge in [-0.2, -0.15) is 0 Å². The maximum absolute atomic E-state index is 5.74. The van der Waals surface area contributed by atoms with E-state index in [1.807, 2.05) is 22.0 Å². The molecule has 3 rings (SSSR count). The van der Waals surface area contributed by atoms with Gasteiger partial charge >= 0.3 is 0 Å². The van der Waals surface area contributed by atoms with E-state index in [9.17, 15) is 0 Å². The van der Waals surface area contributed by atoms with Gasteiger partial charge in [0.05, 0.1) is 11.7 Å². The van der Waals surface area contributed by atoms with E-state index in [4.69, 9.17) is 5.84 Å². The standard InChI is InChI=1S/C14H15BrN4S/c1-9-3-2-4-11(13(9)15)12(18-16)7-10-8-19-5-6-20-14(19)17-10/h2-6,8,12,18H,7,16H2,1H3. The summed E-state index contributed by atoms with van der Waals surface area (Å²) in [6.45, 7) is 2.08. The molecule has 0 bridgehead atoms. The highest BCUT2D eigenvalue weighted by Gasteiger charge is 2.16. The lowest BCUT2D eigenvalue weighted by molar-refractivity contribution is 0.545. The summed E-state index contributed by atoms with van der Waals surface area (Å²) in [5.41, 5.74) is 6.29. The van der Waals surface area contributed by atoms with E-state index in [0.717, 1.165) is 27.1 Å². The first-order valence-corrected chi connectivity index (χ1v) is 7.98. The molecule has 6 heteroatoms. The Bertz CT molecular complexity index is 705. The summed E-state index contributed by atoms with van der Waals surface area (Å²) < 4.78 is 3.14. The van der Waals surface area contributed by atoms with Crippen molar-refractivity contribution >= 4 is 32.2 Å². The normalized spacial score (nSPS) is 12.9. The van der Waals surface area contributed by atoms with Crippen LogP contribution in [0.4, 0.5) is 0 Å². The Morgan fingerprint density at radius 3 is 3.10 bits per heavy atom. The number of aryl methyl sites for hydroxylation is 1. The molecule has 1 aromatic carbocycles. The number of fused-ring (bicyclic) bond motifs is 1. The number of hydrogen-bond donors (Lipinski definition) is 2. The molecular formula is C14H15BrN4S. The molecule has 0 aliphatic heterocycles. The van der Waals surface area contributed by atoms with E-state index in [0.29, 0.717) is 0 Å². The monoisotopic (exact) mass is 350 g/mol. The van der Waals surface area contributed by atoms with Crippen molar-refractivity contribution in [1.82, 2.24) is 14.8 Å². The second kappa shape index (κ2) is 5.65. The Kier molecular flexibility index (Phi) is 3.89. The van der Waals surface area contributed by atoms with E-state index >= 15 is 0 Å². The molecule has 2 aromatic heterocycles. The summed E-state index contributed by atoms with van der Waals surface area (Å²) in [5.74, 6) is 5.74. The van der Waals surface area contributed by atoms with Crippen LogP contribution in [0.5, 0.6) is 0 Å². The van der Waals surface area contributed by atoms with Crippen LogP contribution >= 0.6 is 27.3 Å². The van der Waals surface area contributed by atoms with E-state index in [-0.39, 0.29) is 6.04 Å². The van der Waals surface area contributed by atoms with Crippen molar-refractivity contribution in [1.29, 1.82) is 0 Å². The lowest BCUT2D eigenvalue weighted by Gasteiger charge is -2.17. The first kappa shape index (κ1) is 13.8. The fourth-order valence-corrected chi connectivity index (χ4v) is 3.54. The number of imidazole rings is 1. The molecule has 3 aromatic rings. The van der Waals surface area contributed by atoms with Gasteiger partial charge in [0.2, 0.25) is 0 Å². The zero-order valence-corrected chi connectivity index (χ0v) is 13.4. The largest absolute Gasteiger partial charge is 0.297 e. The number of halogens is 1. The lowest BCUT2D eigenvalue weighted by Crippen LogP contribution is -2.30. The molecular weight excluding hydrogens is 336 g/mol. The minimum absolute atomic E-state index is 0.0360. The summed E-state index contributed by atoms with van der Waals surface area (Å²) in [6.07, 6.45) is 4.83. The Hall–Kier alpha value is -1.21. The van der Waals surface area contributed by atoms with Gasteiger partial charge in [0.15, 0.2) is 4.96 Å². The molecule has 0 saturated heterocycles. The first-order chi connectivity index (χ1) is 9.69. The van der Waals surface area contributed by atoms with Crippen LogP contribution < -0.4 is 11.3 Å². The van der Waals surface area contributed by atoms with Crippen molar-refractivity contribution in [2.45, 2.75) is 19.4 Å². The van der Waals surface area contributed by atoms with Crippen molar-refractivity contribution in [3.63, 3.8) is 0 Å². The zero-order chi connectivity index (χ0) is 14.1. The van der Waals surface area contributed by atoms with Crippen molar-refractivity contribution in [3.05, 3.63) is 57.3 Å². The second-order valence-corrected chi connectivity index (χ2v) is 6.39. The number of rotatable bonds is 4. The Morgan fingerprint density at radius 1 is 1.50 bits per heavy atom. The van der Waals surface area contributed by atoms with E-state index in [2.05, 4.69) is 51.6 Å². The molecule has 1 unspecified atom stereocenters. The number of thiazole rings is 1. The fourth-order valence-electron chi connectivity index (χ4n) is 2.28. The Morgan fingerprint density at radius 2 is 2.35 bits per heavy atom. The van der Waals surface area contributed by atoms with Crippen molar-refractivity contribution in [2.24, 2.45) is 5.84 Å². The van der Waals surface area contributed by atoms with Crippen LogP contribution in [0.2, 0.25) is 0 Å². The molecule has 1 atom stereocenters. The third kappa shape index (κ3) is 2.52. The minimum Gasteiger partial charge on any atom is -0.297 e. The van der Waals surface area contributed by atoms with Crippen LogP contribution in [0.25, 0.3) is 4.96 Å². The number of benzene rings is 1. The third-order valence-electron chi connectivity index (χ3n) is 3.35. The van der Waals surface area contributed by atoms with Gasteiger partial charge in [0, 0.05) is 28.7 Å². The van der Waals surface area contributed by atoms with Gasteiger partial charge < -0.3 is 0 Å². The molecule has 3 N–H and O–H groups in total. The Labute approximate surface area is 129 Å². The molecule has 104 valence electrons. The topological polar surface area (TPSA) is 55.3 Å². The van der Waals surface area contributed by atoms with Gasteiger partial charge in [-0.25, -0.2) is 4.98 Å². The molecule has 0 fully saturated rings. The van der Waals surface area contributed by atoms with Gasteiger partial charge in [-0.15, -0.1) is 11.3 Å². The lowest BCUT2D eigenvalue weighted by atomic mass is 10.0. The molecule has 0 aliphatic rings. The maximum atomic E-state index is 5.74. The predicted octanol–water partition coefficient (Wildman–Crippen LogP) is 3.21. The number of hydrazine groups is 1. The van der Waals surface area contributed by atoms with Gasteiger partial charge in [-0.05, 0) is 18.1 Å². The number of nitrogens with zero attached hydrogens (tertiary/aromatic N) is 2. The van der Waals surface area contributed by atoms with Crippen LogP contribution in [-0.2, 0) is 6.42 Å². The molecule has 0 saturated carbocycles. The zero-order valence-electron chi connectivity index (χ0n) is 11.0. The number of nitrogens with two attached hydrogens (primary N) is 1. The molecule has 0 amide bonds. The highest BCUT2D eigenvalue weighted by atomic mass is 79.9. The summed E-state index contributed by atoms with van der Waals surface area (Å²) >= 11 is 5.28. The molecule has 0 radical (unpaired) electrons. The smallest absolute Gasteiger partial charge is 0.193 e. The summed E-state index contributed by atoms with van der Waals surface area (Å²) in [4.78, 5) is 5.62. The summed E-state index contributed by atoms with van der Waals surface area (Å²) in [6, 6.07) is 6.24. The van der Waals surface area contributed by atoms with Gasteiger partial charge in [-0.1, -0.05) is 34.1 Å². The van der Waals surface area contributed by atoms with Gasteiger partial charge in [0.1, 0.15) is 0 Å². The average Bonchev–Trinajstić information content (AvgIpc) is 3.00.